The minimum atomic E-state index is 0. The summed E-state index contributed by atoms with van der Waals surface area (Å²) in [4.78, 5) is 0. The van der Waals surface area contributed by atoms with Gasteiger partial charge in [0.15, 0.2) is 0 Å². The fraction of sp³-hybridized carbons (Fsp3) is 0. The predicted molar refractivity (Wildman–Crippen MR) is 5.81 cm³/mol. The third kappa shape index (κ3) is 21.3. The van der Waals surface area contributed by atoms with Crippen LogP contribution in [0.2, 0.25) is 0 Å². The van der Waals surface area contributed by atoms with Crippen molar-refractivity contribution in [1.29, 1.82) is 0 Å². The van der Waals surface area contributed by atoms with Crippen molar-refractivity contribution in [1.82, 2.24) is 0 Å². The van der Waals surface area contributed by atoms with E-state index in [0.717, 1.165) is 0 Å². The summed E-state index contributed by atoms with van der Waals surface area (Å²) in [6.45, 7) is 0. The van der Waals surface area contributed by atoms with Gasteiger partial charge in [0.1, 0.15) is 0 Å². The zero-order valence-electron chi connectivity index (χ0n) is 2.42. The Kier molecular flexibility index (Phi) is 329. The molecule has 0 saturated carbocycles. The molecule has 3 nitrogen and oxygen atoms in total. The monoisotopic (exact) mass is 330 g/mol. The van der Waals surface area contributed by atoms with Crippen LogP contribution in [-0.4, -0.2) is 16.4 Å². The first-order valence-electron chi connectivity index (χ1n) is 0. The first-order valence-corrected chi connectivity index (χ1v) is 0. The van der Waals surface area contributed by atoms with E-state index < -0.39 is 0 Å². The average Bonchev–Trinajstić information content (AvgIpc) is 0. The van der Waals surface area contributed by atoms with Crippen molar-refractivity contribution in [2.24, 2.45) is 0 Å². The van der Waals surface area contributed by atoms with Gasteiger partial charge in [-0.1, -0.05) is 0 Å². The number of hydrogen-bond acceptors (Lipinski definition) is 3. The molecule has 0 aromatic carbocycles. The molecule has 0 atom stereocenters. The first-order chi connectivity index (χ1) is 0. The van der Waals surface area contributed by atoms with Crippen molar-refractivity contribution in [2.45, 2.75) is 0 Å². The molecule has 0 unspecified atom stereocenters. The molecule has 28 valence electrons. The van der Waals surface area contributed by atoms with E-state index in [1.54, 1.807) is 0 Å². The molecule has 0 aromatic rings. The molecule has 0 bridgehead atoms. The molecule has 0 spiro atoms. The largest absolute Gasteiger partial charge is 3.00 e. The third-order valence-corrected chi connectivity index (χ3v) is 0. The van der Waals surface area contributed by atoms with Gasteiger partial charge in [-0.05, 0) is 0 Å². The van der Waals surface area contributed by atoms with Crippen LogP contribution in [0.3, 0.4) is 0 Å². The molecule has 0 aliphatic heterocycles. The van der Waals surface area contributed by atoms with E-state index in [0.29, 0.717) is 0 Å². The standard InChI is InChI=1S/Ce.La.3H2O/h;;3*1H2/q;+3;;;/p-3. The minimum Gasteiger partial charge on any atom is -0.870 e. The van der Waals surface area contributed by atoms with Crippen molar-refractivity contribution in [3.63, 3.8) is 0 Å². The van der Waals surface area contributed by atoms with Crippen molar-refractivity contribution in [3.8, 4) is 0 Å². The fourth-order valence-electron chi connectivity index (χ4n) is 0. The van der Waals surface area contributed by atoms with Crippen molar-refractivity contribution >= 4 is 0 Å². The molecule has 5 heavy (non-hydrogen) atoms. The zero-order chi connectivity index (χ0) is 0. The fourth-order valence-corrected chi connectivity index (χ4v) is 0. The maximum absolute atomic E-state index is 0. The molecule has 5 heteroatoms. The van der Waals surface area contributed by atoms with Crippen molar-refractivity contribution in [2.75, 3.05) is 0 Å². The molecule has 0 amide bonds. The van der Waals surface area contributed by atoms with Gasteiger partial charge in [0.25, 0.3) is 0 Å². The average molecular weight is 330 g/mol. The molecule has 3 N–H and O–H groups in total. The van der Waals surface area contributed by atoms with Gasteiger partial charge in [-0.15, -0.1) is 0 Å². The smallest absolute Gasteiger partial charge is 0.870 e. The predicted octanol–water partition coefficient (Wildman–Crippen LogP) is -0.530. The summed E-state index contributed by atoms with van der Waals surface area (Å²) >= 11 is 0. The zero-order valence-corrected chi connectivity index (χ0v) is 9.18. The van der Waals surface area contributed by atoms with Crippen LogP contribution in [0.1, 0.15) is 0 Å². The second-order valence-corrected chi connectivity index (χ2v) is 0. The van der Waals surface area contributed by atoms with E-state index in [-0.39, 0.29) is 93.8 Å². The van der Waals surface area contributed by atoms with Gasteiger partial charge in [-0.3, -0.25) is 0 Å². The van der Waals surface area contributed by atoms with E-state index in [1.165, 1.54) is 0 Å². The van der Waals surface area contributed by atoms with E-state index in [1.807, 2.05) is 0 Å². The Hall–Kier alpha value is 2.45. The van der Waals surface area contributed by atoms with Crippen LogP contribution in [-0.2, 0) is 0 Å². The molecular formula is H3CeLaO3. The summed E-state index contributed by atoms with van der Waals surface area (Å²) in [6.07, 6.45) is 0. The van der Waals surface area contributed by atoms with Crippen LogP contribution in [0.25, 0.3) is 0 Å². The van der Waals surface area contributed by atoms with Crippen LogP contribution in [0.4, 0.5) is 0 Å². The maximum atomic E-state index is 0. The molecule has 0 fully saturated rings. The molecule has 0 radical (unpaired) electrons. The van der Waals surface area contributed by atoms with Crippen LogP contribution < -0.4 is 0 Å². The molecule has 0 rings (SSSR count). The Balaban J connectivity index is 0. The van der Waals surface area contributed by atoms with Gasteiger partial charge >= 0.3 is 35.6 Å². The first kappa shape index (κ1) is 51.6. The summed E-state index contributed by atoms with van der Waals surface area (Å²) < 4.78 is 0. The summed E-state index contributed by atoms with van der Waals surface area (Å²) in [6, 6.07) is 0. The Morgan fingerprint density at radius 3 is 0.600 bits per heavy atom. The van der Waals surface area contributed by atoms with Gasteiger partial charge < -0.3 is 16.4 Å². The SMILES string of the molecule is [Ce].[La+3].[OH-].[OH-].[OH-]. The number of hydrogen-bond donors (Lipinski definition) is 0. The van der Waals surface area contributed by atoms with Crippen LogP contribution >= 0.6 is 0 Å². The maximum Gasteiger partial charge on any atom is 3.00 e. The van der Waals surface area contributed by atoms with Gasteiger partial charge in [0.2, 0.25) is 0 Å². The molecule has 0 saturated heterocycles. The van der Waals surface area contributed by atoms with E-state index in [2.05, 4.69) is 0 Å². The Morgan fingerprint density at radius 2 is 0.600 bits per heavy atom. The summed E-state index contributed by atoms with van der Waals surface area (Å²) in [5.41, 5.74) is 0. The van der Waals surface area contributed by atoms with Crippen LogP contribution in [0.5, 0.6) is 0 Å². The summed E-state index contributed by atoms with van der Waals surface area (Å²) in [5.74, 6) is 0. The molecule has 0 aliphatic carbocycles. The third-order valence-electron chi connectivity index (χ3n) is 0. The topological polar surface area (TPSA) is 90.0 Å². The summed E-state index contributed by atoms with van der Waals surface area (Å²) in [7, 11) is 0. The molecule has 0 aliphatic rings. The van der Waals surface area contributed by atoms with E-state index in [9.17, 15) is 0 Å². The van der Waals surface area contributed by atoms with Gasteiger partial charge in [0.05, 0.1) is 0 Å². The quantitative estimate of drug-likeness (QED) is 0.598. The molecular weight excluding hydrogens is 327 g/mol. The minimum absolute atomic E-state index is 0. The van der Waals surface area contributed by atoms with Crippen LogP contribution in [0.15, 0.2) is 0 Å². The van der Waals surface area contributed by atoms with Crippen molar-refractivity contribution in [3.05, 3.63) is 0 Å². The molecule has 0 heterocycles. The Morgan fingerprint density at radius 1 is 0.600 bits per heavy atom. The van der Waals surface area contributed by atoms with Crippen LogP contribution in [0, 0.1) is 77.3 Å². The second kappa shape index (κ2) is 31.9. The van der Waals surface area contributed by atoms with Gasteiger partial charge in [0, 0.05) is 41.7 Å². The number of rotatable bonds is 0. The van der Waals surface area contributed by atoms with Crippen molar-refractivity contribution < 1.29 is 93.8 Å². The van der Waals surface area contributed by atoms with E-state index in [4.69, 9.17) is 0 Å². The normalized spacial score (nSPS) is 0. The van der Waals surface area contributed by atoms with Gasteiger partial charge in [-0.25, -0.2) is 0 Å². The Bertz CT molecular complexity index is 6.85. The van der Waals surface area contributed by atoms with Gasteiger partial charge in [-0.2, -0.15) is 0 Å². The molecule has 0 aromatic heterocycles. The Labute approximate surface area is 91.8 Å². The van der Waals surface area contributed by atoms with E-state index >= 15 is 0 Å². The second-order valence-electron chi connectivity index (χ2n) is 0. The summed E-state index contributed by atoms with van der Waals surface area (Å²) in [5, 5.41) is 0.